The van der Waals surface area contributed by atoms with Gasteiger partial charge < -0.3 is 19.5 Å². The van der Waals surface area contributed by atoms with Crippen molar-refractivity contribution < 1.29 is 9.21 Å². The average Bonchev–Trinajstić information content (AvgIpc) is 3.34. The van der Waals surface area contributed by atoms with E-state index in [2.05, 4.69) is 26.3 Å². The number of para-hydroxylation sites is 1. The van der Waals surface area contributed by atoms with Crippen LogP contribution in [-0.2, 0) is 6.54 Å². The lowest BCUT2D eigenvalue weighted by Gasteiger charge is -2.22. The van der Waals surface area contributed by atoms with Crippen LogP contribution < -0.4 is 10.2 Å². The molecule has 0 saturated carbocycles. The molecule has 1 N–H and O–H groups in total. The molecule has 1 amide bonds. The van der Waals surface area contributed by atoms with Crippen molar-refractivity contribution >= 4 is 22.7 Å². The van der Waals surface area contributed by atoms with Crippen LogP contribution in [0.5, 0.6) is 0 Å². The molecule has 0 bridgehead atoms. The minimum atomic E-state index is -0.171. The number of amides is 1. The summed E-state index contributed by atoms with van der Waals surface area (Å²) in [4.78, 5) is 25.1. The van der Waals surface area contributed by atoms with Gasteiger partial charge in [-0.25, -0.2) is 9.97 Å². The molecular formula is C22H27N5O2. The summed E-state index contributed by atoms with van der Waals surface area (Å²) in [5.74, 6) is 0.949. The van der Waals surface area contributed by atoms with Gasteiger partial charge in [0.25, 0.3) is 5.91 Å². The summed E-state index contributed by atoms with van der Waals surface area (Å²) in [6.45, 7) is 6.47. The van der Waals surface area contributed by atoms with Crippen LogP contribution >= 0.6 is 0 Å². The Bertz CT molecular complexity index is 1040. The van der Waals surface area contributed by atoms with Gasteiger partial charge in [0.15, 0.2) is 0 Å². The smallest absolute Gasteiger partial charge is 0.291 e. The van der Waals surface area contributed by atoms with Crippen LogP contribution in [0.1, 0.15) is 33.9 Å². The predicted molar refractivity (Wildman–Crippen MR) is 113 cm³/mol. The summed E-state index contributed by atoms with van der Waals surface area (Å²) in [5, 5.41) is 4.80. The third-order valence-electron chi connectivity index (χ3n) is 5.59. The van der Waals surface area contributed by atoms with E-state index < -0.39 is 0 Å². The number of fused-ring (bicyclic) bond motifs is 1. The van der Waals surface area contributed by atoms with E-state index >= 15 is 0 Å². The molecule has 1 atom stereocenters. The quantitative estimate of drug-likeness (QED) is 0.718. The molecule has 7 nitrogen and oxygen atoms in total. The highest BCUT2D eigenvalue weighted by molar-refractivity contribution is 5.90. The van der Waals surface area contributed by atoms with Crippen molar-refractivity contribution in [3.8, 4) is 0 Å². The van der Waals surface area contributed by atoms with Gasteiger partial charge in [-0.2, -0.15) is 0 Å². The number of carbonyl (C=O) groups is 1. The Labute approximate surface area is 170 Å². The van der Waals surface area contributed by atoms with Crippen molar-refractivity contribution in [2.24, 2.45) is 0 Å². The molecule has 152 valence electrons. The number of rotatable bonds is 5. The molecule has 1 aliphatic heterocycles. The lowest BCUT2D eigenvalue weighted by Crippen LogP contribution is -2.33. The molecule has 0 aliphatic carbocycles. The molecular weight excluding hydrogens is 366 g/mol. The fourth-order valence-corrected chi connectivity index (χ4v) is 3.76. The Kier molecular flexibility index (Phi) is 5.24. The molecule has 3 aromatic rings. The molecule has 0 radical (unpaired) electrons. The first-order chi connectivity index (χ1) is 13.9. The lowest BCUT2D eigenvalue weighted by atomic mass is 10.1. The summed E-state index contributed by atoms with van der Waals surface area (Å²) in [7, 11) is 3.44. The van der Waals surface area contributed by atoms with E-state index in [1.807, 2.05) is 38.3 Å². The fourth-order valence-electron chi connectivity index (χ4n) is 3.76. The van der Waals surface area contributed by atoms with Crippen molar-refractivity contribution in [2.75, 3.05) is 32.1 Å². The van der Waals surface area contributed by atoms with Gasteiger partial charge in [0, 0.05) is 62.0 Å². The highest BCUT2D eigenvalue weighted by atomic mass is 16.3. The number of aromatic nitrogens is 2. The standard InChI is InChI=1S/C22H27N5O2/c1-14-15(2)24-20(22(28)26(3)4)25-21(14)27-10-9-17(12-27)23-11-16-13-29-19-8-6-5-7-18(16)19/h5-8,13,17,23H,9-12H2,1-4H3/t17-/m1/s1. The van der Waals surface area contributed by atoms with Crippen LogP contribution in [0.25, 0.3) is 11.0 Å². The maximum atomic E-state index is 12.3. The summed E-state index contributed by atoms with van der Waals surface area (Å²) >= 11 is 0. The van der Waals surface area contributed by atoms with E-state index in [-0.39, 0.29) is 11.7 Å². The van der Waals surface area contributed by atoms with E-state index in [4.69, 9.17) is 4.42 Å². The number of furan rings is 1. The Balaban J connectivity index is 1.46. The van der Waals surface area contributed by atoms with Crippen molar-refractivity contribution in [3.63, 3.8) is 0 Å². The topological polar surface area (TPSA) is 74.5 Å². The molecule has 7 heteroatoms. The third kappa shape index (κ3) is 3.82. The van der Waals surface area contributed by atoms with Gasteiger partial charge in [-0.3, -0.25) is 4.79 Å². The van der Waals surface area contributed by atoms with Gasteiger partial charge >= 0.3 is 0 Å². The Morgan fingerprint density at radius 3 is 2.86 bits per heavy atom. The molecule has 0 unspecified atom stereocenters. The first-order valence-electron chi connectivity index (χ1n) is 9.94. The van der Waals surface area contributed by atoms with Crippen LogP contribution in [0.3, 0.4) is 0 Å². The van der Waals surface area contributed by atoms with Gasteiger partial charge in [0.1, 0.15) is 11.4 Å². The zero-order chi connectivity index (χ0) is 20.5. The van der Waals surface area contributed by atoms with Gasteiger partial charge in [-0.15, -0.1) is 0 Å². The number of nitrogens with one attached hydrogen (secondary N) is 1. The molecule has 1 fully saturated rings. The number of benzene rings is 1. The number of anilines is 1. The normalized spacial score (nSPS) is 16.6. The second-order valence-electron chi connectivity index (χ2n) is 7.85. The van der Waals surface area contributed by atoms with Crippen LogP contribution in [0.2, 0.25) is 0 Å². The largest absolute Gasteiger partial charge is 0.464 e. The van der Waals surface area contributed by atoms with Gasteiger partial charge in [-0.1, -0.05) is 18.2 Å². The maximum absolute atomic E-state index is 12.3. The molecule has 1 aliphatic rings. The average molecular weight is 393 g/mol. The van der Waals surface area contributed by atoms with Crippen molar-refractivity contribution in [2.45, 2.75) is 32.9 Å². The molecule has 29 heavy (non-hydrogen) atoms. The van der Waals surface area contributed by atoms with Gasteiger partial charge in [-0.05, 0) is 26.3 Å². The van der Waals surface area contributed by atoms with Crippen molar-refractivity contribution in [3.05, 3.63) is 53.2 Å². The first-order valence-corrected chi connectivity index (χ1v) is 9.94. The van der Waals surface area contributed by atoms with Crippen LogP contribution in [-0.4, -0.2) is 54.0 Å². The maximum Gasteiger partial charge on any atom is 0.291 e. The number of aryl methyl sites for hydroxylation is 1. The Morgan fingerprint density at radius 1 is 1.28 bits per heavy atom. The van der Waals surface area contributed by atoms with Crippen molar-refractivity contribution in [1.29, 1.82) is 0 Å². The minimum Gasteiger partial charge on any atom is -0.464 e. The number of nitrogens with zero attached hydrogens (tertiary/aromatic N) is 4. The van der Waals surface area contributed by atoms with E-state index in [1.54, 1.807) is 14.1 Å². The van der Waals surface area contributed by atoms with Crippen LogP contribution in [0.15, 0.2) is 34.9 Å². The third-order valence-corrected chi connectivity index (χ3v) is 5.59. The van der Waals surface area contributed by atoms with Crippen LogP contribution in [0, 0.1) is 13.8 Å². The van der Waals surface area contributed by atoms with E-state index in [9.17, 15) is 4.79 Å². The minimum absolute atomic E-state index is 0.171. The first kappa shape index (κ1) is 19.4. The highest BCUT2D eigenvalue weighted by Gasteiger charge is 2.26. The molecule has 0 spiro atoms. The zero-order valence-corrected chi connectivity index (χ0v) is 17.4. The van der Waals surface area contributed by atoms with Crippen molar-refractivity contribution in [1.82, 2.24) is 20.2 Å². The van der Waals surface area contributed by atoms with E-state index in [0.29, 0.717) is 6.04 Å². The monoisotopic (exact) mass is 393 g/mol. The molecule has 1 aromatic carbocycles. The number of hydrogen-bond acceptors (Lipinski definition) is 6. The summed E-state index contributed by atoms with van der Waals surface area (Å²) in [5.41, 5.74) is 3.97. The molecule has 4 rings (SSSR count). The predicted octanol–water partition coefficient (Wildman–Crippen LogP) is 2.91. The van der Waals surface area contributed by atoms with E-state index in [0.717, 1.165) is 54.1 Å². The summed E-state index contributed by atoms with van der Waals surface area (Å²) in [6.07, 6.45) is 2.86. The van der Waals surface area contributed by atoms with Gasteiger partial charge in [0.05, 0.1) is 6.26 Å². The molecule has 2 aromatic heterocycles. The highest BCUT2D eigenvalue weighted by Crippen LogP contribution is 2.25. The fraction of sp³-hybridized carbons (Fsp3) is 0.409. The number of hydrogen-bond donors (Lipinski definition) is 1. The zero-order valence-electron chi connectivity index (χ0n) is 17.4. The van der Waals surface area contributed by atoms with E-state index in [1.165, 1.54) is 10.5 Å². The SMILES string of the molecule is Cc1nc(C(=O)N(C)C)nc(N2CC[C@@H](NCc3coc4ccccc34)C2)c1C. The molecule has 1 saturated heterocycles. The number of carbonyl (C=O) groups excluding carboxylic acids is 1. The molecule has 3 heterocycles. The second kappa shape index (κ2) is 7.83. The second-order valence-corrected chi connectivity index (χ2v) is 7.85. The lowest BCUT2D eigenvalue weighted by molar-refractivity contribution is 0.0815. The van der Waals surface area contributed by atoms with Gasteiger partial charge in [0.2, 0.25) is 5.82 Å². The Morgan fingerprint density at radius 2 is 2.07 bits per heavy atom. The van der Waals surface area contributed by atoms with Crippen LogP contribution in [0.4, 0.5) is 5.82 Å². The summed E-state index contributed by atoms with van der Waals surface area (Å²) < 4.78 is 5.64. The summed E-state index contributed by atoms with van der Waals surface area (Å²) in [6, 6.07) is 8.45. The Hall–Kier alpha value is -2.93.